The summed E-state index contributed by atoms with van der Waals surface area (Å²) < 4.78 is 12.9. The quantitative estimate of drug-likeness (QED) is 0.611. The van der Waals surface area contributed by atoms with Gasteiger partial charge in [0.15, 0.2) is 0 Å². The maximum Gasteiger partial charge on any atom is 0.126 e. The molecule has 0 amide bonds. The van der Waals surface area contributed by atoms with Crippen LogP contribution in [0.3, 0.4) is 0 Å². The minimum absolute atomic E-state index is 0.237. The molecule has 76 valence electrons. The van der Waals surface area contributed by atoms with Crippen LogP contribution in [0.1, 0.15) is 19.3 Å². The lowest BCUT2D eigenvalue weighted by atomic mass is 10.3. The minimum Gasteiger partial charge on any atom is -0.399 e. The van der Waals surface area contributed by atoms with Gasteiger partial charge in [0, 0.05) is 10.6 Å². The van der Waals surface area contributed by atoms with Crippen LogP contribution in [-0.2, 0) is 0 Å². The third-order valence-corrected chi connectivity index (χ3v) is 3.39. The number of halogens is 1. The first-order valence-electron chi connectivity index (χ1n) is 4.93. The summed E-state index contributed by atoms with van der Waals surface area (Å²) in [7, 11) is 0. The largest absolute Gasteiger partial charge is 0.399 e. The molecule has 0 spiro atoms. The van der Waals surface area contributed by atoms with Gasteiger partial charge < -0.3 is 5.73 Å². The average molecular weight is 211 g/mol. The van der Waals surface area contributed by atoms with Crippen LogP contribution >= 0.6 is 11.8 Å². The van der Waals surface area contributed by atoms with Crippen molar-refractivity contribution in [3.05, 3.63) is 24.0 Å². The van der Waals surface area contributed by atoms with Gasteiger partial charge in [-0.15, -0.1) is 11.8 Å². The number of anilines is 1. The third kappa shape index (κ3) is 2.91. The van der Waals surface area contributed by atoms with Crippen LogP contribution < -0.4 is 5.73 Å². The zero-order valence-electron chi connectivity index (χ0n) is 8.00. The molecule has 1 aromatic rings. The van der Waals surface area contributed by atoms with Crippen molar-refractivity contribution in [1.82, 2.24) is 0 Å². The number of thioether (sulfide) groups is 1. The number of benzene rings is 1. The smallest absolute Gasteiger partial charge is 0.126 e. The molecule has 1 aromatic carbocycles. The first-order valence-corrected chi connectivity index (χ1v) is 5.91. The van der Waals surface area contributed by atoms with Gasteiger partial charge in [0.1, 0.15) is 5.82 Å². The summed E-state index contributed by atoms with van der Waals surface area (Å²) in [6.45, 7) is 0. The molecule has 14 heavy (non-hydrogen) atoms. The molecule has 1 fully saturated rings. The predicted molar refractivity (Wildman–Crippen MR) is 58.9 cm³/mol. The number of hydrogen-bond acceptors (Lipinski definition) is 2. The van der Waals surface area contributed by atoms with Crippen molar-refractivity contribution in [3.63, 3.8) is 0 Å². The van der Waals surface area contributed by atoms with Crippen LogP contribution in [0.25, 0.3) is 0 Å². The van der Waals surface area contributed by atoms with Gasteiger partial charge in [-0.3, -0.25) is 0 Å². The van der Waals surface area contributed by atoms with Crippen molar-refractivity contribution < 1.29 is 4.39 Å². The molecule has 0 unspecified atom stereocenters. The molecular formula is C11H14FNS. The maximum atomic E-state index is 12.9. The monoisotopic (exact) mass is 211 g/mol. The summed E-state index contributed by atoms with van der Waals surface area (Å²) >= 11 is 1.70. The van der Waals surface area contributed by atoms with E-state index >= 15 is 0 Å². The molecule has 3 heteroatoms. The zero-order chi connectivity index (χ0) is 9.97. The fourth-order valence-corrected chi connectivity index (χ4v) is 2.52. The van der Waals surface area contributed by atoms with Gasteiger partial charge in [-0.1, -0.05) is 12.8 Å². The van der Waals surface area contributed by atoms with Gasteiger partial charge in [-0.25, -0.2) is 4.39 Å². The topological polar surface area (TPSA) is 26.0 Å². The fourth-order valence-electron chi connectivity index (χ4n) is 1.42. The number of rotatable bonds is 4. The van der Waals surface area contributed by atoms with Crippen LogP contribution in [0, 0.1) is 11.7 Å². The molecule has 1 aliphatic rings. The second-order valence-corrected chi connectivity index (χ2v) is 4.97. The summed E-state index contributed by atoms with van der Waals surface area (Å²) in [5, 5.41) is 0. The van der Waals surface area contributed by atoms with Crippen molar-refractivity contribution in [1.29, 1.82) is 0 Å². The van der Waals surface area contributed by atoms with E-state index in [0.717, 1.165) is 16.6 Å². The predicted octanol–water partition coefficient (Wildman–Crippen LogP) is 3.30. The molecule has 1 nitrogen and oxygen atoms in total. The highest BCUT2D eigenvalue weighted by molar-refractivity contribution is 7.99. The van der Waals surface area contributed by atoms with Crippen LogP contribution in [0.2, 0.25) is 0 Å². The van der Waals surface area contributed by atoms with E-state index in [2.05, 4.69) is 0 Å². The number of nitrogen functional groups attached to an aromatic ring is 1. The molecule has 0 radical (unpaired) electrons. The standard InChI is InChI=1S/C11H14FNS/c12-9-5-10(13)7-11(6-9)14-4-3-8-1-2-8/h5-8H,1-4,13H2. The van der Waals surface area contributed by atoms with E-state index in [-0.39, 0.29) is 5.82 Å². The number of nitrogens with two attached hydrogens (primary N) is 1. The van der Waals surface area contributed by atoms with Gasteiger partial charge in [-0.2, -0.15) is 0 Å². The Labute approximate surface area is 87.9 Å². The number of hydrogen-bond donors (Lipinski definition) is 1. The Kier molecular flexibility index (Phi) is 2.96. The summed E-state index contributed by atoms with van der Waals surface area (Å²) in [5.41, 5.74) is 6.06. The lowest BCUT2D eigenvalue weighted by Gasteiger charge is -2.02. The molecule has 0 saturated heterocycles. The van der Waals surface area contributed by atoms with Crippen LogP contribution in [0.5, 0.6) is 0 Å². The highest BCUT2D eigenvalue weighted by Crippen LogP contribution is 2.34. The lowest BCUT2D eigenvalue weighted by molar-refractivity contribution is 0.625. The minimum atomic E-state index is -0.237. The molecule has 0 bridgehead atoms. The van der Waals surface area contributed by atoms with E-state index in [9.17, 15) is 4.39 Å². The Morgan fingerprint density at radius 3 is 2.79 bits per heavy atom. The van der Waals surface area contributed by atoms with Crippen LogP contribution in [0.4, 0.5) is 10.1 Å². The first kappa shape index (κ1) is 9.84. The summed E-state index contributed by atoms with van der Waals surface area (Å²) in [5.74, 6) is 1.78. The Morgan fingerprint density at radius 2 is 2.14 bits per heavy atom. The van der Waals surface area contributed by atoms with Crippen molar-refractivity contribution in [2.45, 2.75) is 24.2 Å². The zero-order valence-corrected chi connectivity index (χ0v) is 8.82. The van der Waals surface area contributed by atoms with Gasteiger partial charge in [0.05, 0.1) is 0 Å². The SMILES string of the molecule is Nc1cc(F)cc(SCCC2CC2)c1. The van der Waals surface area contributed by atoms with Gasteiger partial charge >= 0.3 is 0 Å². The van der Waals surface area contributed by atoms with Gasteiger partial charge in [0.25, 0.3) is 0 Å². The molecule has 0 aliphatic heterocycles. The first-order chi connectivity index (χ1) is 6.74. The Bertz CT molecular complexity index is 303. The molecule has 2 N–H and O–H groups in total. The summed E-state index contributed by atoms with van der Waals surface area (Å²) in [6.07, 6.45) is 4.01. The van der Waals surface area contributed by atoms with E-state index in [0.29, 0.717) is 5.69 Å². The molecular weight excluding hydrogens is 197 g/mol. The Hall–Kier alpha value is -0.700. The van der Waals surface area contributed by atoms with E-state index in [4.69, 9.17) is 5.73 Å². The van der Waals surface area contributed by atoms with Crippen molar-refractivity contribution in [3.8, 4) is 0 Å². The second-order valence-electron chi connectivity index (χ2n) is 3.80. The Morgan fingerprint density at radius 1 is 1.36 bits per heavy atom. The van der Waals surface area contributed by atoms with E-state index in [1.165, 1.54) is 25.3 Å². The van der Waals surface area contributed by atoms with Crippen molar-refractivity contribution >= 4 is 17.4 Å². The molecule has 2 rings (SSSR count). The summed E-state index contributed by atoms with van der Waals surface area (Å²) in [6, 6.07) is 4.74. The highest BCUT2D eigenvalue weighted by Gasteiger charge is 2.20. The maximum absolute atomic E-state index is 12.9. The molecule has 0 atom stereocenters. The highest BCUT2D eigenvalue weighted by atomic mass is 32.2. The van der Waals surface area contributed by atoms with E-state index in [1.807, 2.05) is 6.07 Å². The Balaban J connectivity index is 1.87. The molecule has 1 saturated carbocycles. The molecule has 0 heterocycles. The fraction of sp³-hybridized carbons (Fsp3) is 0.455. The van der Waals surface area contributed by atoms with Crippen molar-refractivity contribution in [2.24, 2.45) is 5.92 Å². The van der Waals surface area contributed by atoms with Crippen LogP contribution in [0.15, 0.2) is 23.1 Å². The second kappa shape index (κ2) is 4.22. The normalized spacial score (nSPS) is 15.8. The van der Waals surface area contributed by atoms with E-state index in [1.54, 1.807) is 17.8 Å². The van der Waals surface area contributed by atoms with Crippen molar-refractivity contribution in [2.75, 3.05) is 11.5 Å². The molecule has 1 aliphatic carbocycles. The average Bonchev–Trinajstić information content (AvgIpc) is 2.86. The third-order valence-electron chi connectivity index (χ3n) is 2.39. The molecule has 0 aromatic heterocycles. The van der Waals surface area contributed by atoms with E-state index < -0.39 is 0 Å². The van der Waals surface area contributed by atoms with Gasteiger partial charge in [-0.05, 0) is 36.3 Å². The summed E-state index contributed by atoms with van der Waals surface area (Å²) in [4.78, 5) is 0.947. The lowest BCUT2D eigenvalue weighted by Crippen LogP contribution is -1.88. The van der Waals surface area contributed by atoms with Gasteiger partial charge in [0.2, 0.25) is 0 Å². The van der Waals surface area contributed by atoms with Crippen LogP contribution in [-0.4, -0.2) is 5.75 Å².